The van der Waals surface area contributed by atoms with Crippen molar-refractivity contribution in [2.24, 2.45) is 17.8 Å². The van der Waals surface area contributed by atoms with Gasteiger partial charge in [-0.3, -0.25) is 14.4 Å². The number of carbonyl (C=O) groups is 3. The highest BCUT2D eigenvalue weighted by atomic mass is 16.3. The predicted molar refractivity (Wildman–Crippen MR) is 148 cm³/mol. The highest BCUT2D eigenvalue weighted by Crippen LogP contribution is 2.42. The number of benzene rings is 1. The summed E-state index contributed by atoms with van der Waals surface area (Å²) in [5.41, 5.74) is 1.97. The number of aliphatic hydroxyl groups excluding tert-OH is 2. The molecule has 3 atom stereocenters. The number of unbranched alkanes of at least 4 members (excludes halogenated alkanes) is 1. The molecule has 212 valence electrons. The molecule has 1 aromatic rings. The van der Waals surface area contributed by atoms with Gasteiger partial charge in [0.05, 0.1) is 24.3 Å². The molecule has 1 aliphatic heterocycles. The number of hydrogen-bond acceptors (Lipinski definition) is 8. The first kappa shape index (κ1) is 30.3. The number of piperidine rings is 1. The monoisotopic (exact) mass is 530 g/mol. The zero-order chi connectivity index (χ0) is 27.8. The van der Waals surface area contributed by atoms with E-state index in [1.54, 1.807) is 0 Å². The van der Waals surface area contributed by atoms with Crippen LogP contribution in [0.3, 0.4) is 0 Å². The molecular weight excluding hydrogens is 484 g/mol. The molecule has 0 saturated carbocycles. The Morgan fingerprint density at radius 1 is 1.16 bits per heavy atom. The van der Waals surface area contributed by atoms with Crippen molar-refractivity contribution in [1.29, 1.82) is 0 Å². The van der Waals surface area contributed by atoms with Crippen molar-refractivity contribution in [2.45, 2.75) is 77.7 Å². The molecular formula is C30H46N2O6. The Labute approximate surface area is 227 Å². The number of phenols is 1. The first-order valence-corrected chi connectivity index (χ1v) is 14.3. The second-order valence-corrected chi connectivity index (χ2v) is 11.4. The Balaban J connectivity index is 1.82. The van der Waals surface area contributed by atoms with Gasteiger partial charge in [-0.2, -0.15) is 0 Å². The van der Waals surface area contributed by atoms with Crippen molar-refractivity contribution in [2.75, 3.05) is 44.8 Å². The topological polar surface area (TPSA) is 118 Å². The van der Waals surface area contributed by atoms with Crippen LogP contribution in [0, 0.1) is 17.8 Å². The van der Waals surface area contributed by atoms with Gasteiger partial charge in [0.25, 0.3) is 0 Å². The summed E-state index contributed by atoms with van der Waals surface area (Å²) in [7, 11) is 2.13. The number of Topliss-reactive ketones (excluding diaryl/α,β-unsaturated/α-hetero) is 3. The highest BCUT2D eigenvalue weighted by Gasteiger charge is 2.35. The van der Waals surface area contributed by atoms with Crippen molar-refractivity contribution in [1.82, 2.24) is 4.90 Å². The molecule has 1 aromatic carbocycles. The molecule has 8 nitrogen and oxygen atoms in total. The van der Waals surface area contributed by atoms with Gasteiger partial charge in [0, 0.05) is 31.5 Å². The standard InChI is InChI=1S/C30H46N2O6/c1-4-5-11-32(24-8-12-31(3)13-9-24)26-7-6-23-17-21(18-28(37)29(23)30(26)38)16-22(10-14-33)25(19-34)27(36)15-20(2)35/h6-7,21-22,24-25,33-34,38H,4-5,8-19H2,1-3H3. The molecule has 1 heterocycles. The number of nitrogens with zero attached hydrogens (tertiary/aromatic N) is 2. The summed E-state index contributed by atoms with van der Waals surface area (Å²) in [6.45, 7) is 5.84. The summed E-state index contributed by atoms with van der Waals surface area (Å²) in [4.78, 5) is 42.1. The Morgan fingerprint density at radius 3 is 2.47 bits per heavy atom. The third-order valence-electron chi connectivity index (χ3n) is 8.43. The third kappa shape index (κ3) is 7.42. The number of anilines is 1. The molecule has 8 heteroatoms. The van der Waals surface area contributed by atoms with Crippen LogP contribution in [0.25, 0.3) is 0 Å². The molecule has 3 rings (SSSR count). The van der Waals surface area contributed by atoms with E-state index in [1.165, 1.54) is 6.92 Å². The molecule has 1 fully saturated rings. The van der Waals surface area contributed by atoms with Gasteiger partial charge in [-0.1, -0.05) is 19.4 Å². The minimum atomic E-state index is -0.736. The fourth-order valence-electron chi connectivity index (χ4n) is 6.35. The molecule has 0 aromatic heterocycles. The molecule has 2 aliphatic rings. The van der Waals surface area contributed by atoms with Crippen LogP contribution in [-0.4, -0.2) is 83.5 Å². The van der Waals surface area contributed by atoms with Gasteiger partial charge in [0.1, 0.15) is 17.3 Å². The van der Waals surface area contributed by atoms with E-state index >= 15 is 0 Å². The molecule has 3 N–H and O–H groups in total. The van der Waals surface area contributed by atoms with Gasteiger partial charge in [-0.15, -0.1) is 0 Å². The number of rotatable bonds is 14. The number of ketones is 3. The van der Waals surface area contributed by atoms with Gasteiger partial charge in [0.15, 0.2) is 5.78 Å². The molecule has 1 aliphatic carbocycles. The SMILES string of the molecule is CCCCN(c1ccc2c(c1O)C(=O)CC(CC(CCO)C(CO)C(=O)CC(C)=O)C2)C1CCN(C)CC1. The largest absolute Gasteiger partial charge is 0.505 e. The van der Waals surface area contributed by atoms with Gasteiger partial charge >= 0.3 is 0 Å². The summed E-state index contributed by atoms with van der Waals surface area (Å²) in [5, 5.41) is 30.9. The third-order valence-corrected chi connectivity index (χ3v) is 8.43. The molecule has 0 radical (unpaired) electrons. The number of fused-ring (bicyclic) bond motifs is 1. The zero-order valence-electron chi connectivity index (χ0n) is 23.3. The van der Waals surface area contributed by atoms with E-state index in [1.807, 2.05) is 12.1 Å². The quantitative estimate of drug-likeness (QED) is 0.313. The van der Waals surface area contributed by atoms with Gasteiger partial charge in [-0.05, 0) is 89.1 Å². The van der Waals surface area contributed by atoms with Crippen molar-refractivity contribution in [3.8, 4) is 5.75 Å². The van der Waals surface area contributed by atoms with Crippen LogP contribution in [-0.2, 0) is 16.0 Å². The number of aliphatic hydroxyl groups is 2. The summed E-state index contributed by atoms with van der Waals surface area (Å²) in [5.74, 6) is -1.72. The van der Waals surface area contributed by atoms with Crippen LogP contribution in [0.4, 0.5) is 5.69 Å². The minimum Gasteiger partial charge on any atom is -0.505 e. The maximum Gasteiger partial charge on any atom is 0.167 e. The number of hydrogen-bond donors (Lipinski definition) is 3. The minimum absolute atomic E-state index is 0.0685. The maximum absolute atomic E-state index is 13.4. The van der Waals surface area contributed by atoms with Gasteiger partial charge < -0.3 is 25.1 Å². The maximum atomic E-state index is 13.4. The lowest BCUT2D eigenvalue weighted by atomic mass is 9.73. The molecule has 38 heavy (non-hydrogen) atoms. The fraction of sp³-hybridized carbons (Fsp3) is 0.700. The van der Waals surface area contributed by atoms with Crippen LogP contribution in [0.15, 0.2) is 12.1 Å². The lowest BCUT2D eigenvalue weighted by molar-refractivity contribution is -0.131. The average molecular weight is 531 g/mol. The second-order valence-electron chi connectivity index (χ2n) is 11.4. The van der Waals surface area contributed by atoms with Crippen LogP contribution in [0.5, 0.6) is 5.75 Å². The lowest BCUT2D eigenvalue weighted by Crippen LogP contribution is -2.44. The Morgan fingerprint density at radius 2 is 1.87 bits per heavy atom. The Bertz CT molecular complexity index is 972. The number of likely N-dealkylation sites (tertiary alicyclic amines) is 1. The van der Waals surface area contributed by atoms with Crippen molar-refractivity contribution in [3.05, 3.63) is 23.3 Å². The summed E-state index contributed by atoms with van der Waals surface area (Å²) < 4.78 is 0. The van der Waals surface area contributed by atoms with E-state index in [-0.39, 0.29) is 61.0 Å². The second kappa shape index (κ2) is 14.2. The summed E-state index contributed by atoms with van der Waals surface area (Å²) in [6, 6.07) is 4.25. The van der Waals surface area contributed by atoms with E-state index < -0.39 is 5.92 Å². The lowest BCUT2D eigenvalue weighted by Gasteiger charge is -2.40. The van der Waals surface area contributed by atoms with E-state index in [0.717, 1.165) is 56.6 Å². The number of aromatic hydroxyl groups is 1. The zero-order valence-corrected chi connectivity index (χ0v) is 23.3. The van der Waals surface area contributed by atoms with E-state index in [2.05, 4.69) is 23.8 Å². The van der Waals surface area contributed by atoms with Crippen molar-refractivity contribution >= 4 is 23.0 Å². The van der Waals surface area contributed by atoms with Crippen LogP contribution >= 0.6 is 0 Å². The molecule has 0 bridgehead atoms. The van der Waals surface area contributed by atoms with Gasteiger partial charge in [-0.25, -0.2) is 0 Å². The first-order chi connectivity index (χ1) is 18.2. The van der Waals surface area contributed by atoms with Crippen molar-refractivity contribution in [3.63, 3.8) is 0 Å². The normalized spacial score (nSPS) is 20.1. The van der Waals surface area contributed by atoms with Crippen LogP contribution in [0.1, 0.15) is 81.1 Å². The summed E-state index contributed by atoms with van der Waals surface area (Å²) >= 11 is 0. The molecule has 0 amide bonds. The first-order valence-electron chi connectivity index (χ1n) is 14.3. The molecule has 0 spiro atoms. The Kier molecular flexibility index (Phi) is 11.3. The number of carbonyl (C=O) groups excluding carboxylic acids is 3. The fourth-order valence-corrected chi connectivity index (χ4v) is 6.35. The molecule has 1 saturated heterocycles. The van der Waals surface area contributed by atoms with E-state index in [4.69, 9.17) is 0 Å². The van der Waals surface area contributed by atoms with E-state index in [9.17, 15) is 29.7 Å². The molecule has 3 unspecified atom stereocenters. The predicted octanol–water partition coefficient (Wildman–Crippen LogP) is 3.38. The average Bonchev–Trinajstić information content (AvgIpc) is 2.86. The summed E-state index contributed by atoms with van der Waals surface area (Å²) in [6.07, 6.45) is 5.50. The highest BCUT2D eigenvalue weighted by molar-refractivity contribution is 6.03. The van der Waals surface area contributed by atoms with Crippen LogP contribution < -0.4 is 4.90 Å². The van der Waals surface area contributed by atoms with Crippen molar-refractivity contribution < 1.29 is 29.7 Å². The Hall–Kier alpha value is -2.29. The van der Waals surface area contributed by atoms with Crippen LogP contribution in [0.2, 0.25) is 0 Å². The smallest absolute Gasteiger partial charge is 0.167 e. The van der Waals surface area contributed by atoms with E-state index in [0.29, 0.717) is 30.9 Å². The van der Waals surface area contributed by atoms with Gasteiger partial charge in [0.2, 0.25) is 0 Å². The number of phenolic OH excluding ortho intramolecular Hbond substituents is 1.